The van der Waals surface area contributed by atoms with E-state index in [1.54, 1.807) is 12.1 Å². The first-order chi connectivity index (χ1) is 15.2. The molecule has 5 nitrogen and oxygen atoms in total. The van der Waals surface area contributed by atoms with E-state index in [-0.39, 0.29) is 22.3 Å². The molecule has 0 aliphatic rings. The van der Waals surface area contributed by atoms with E-state index >= 15 is 0 Å². The van der Waals surface area contributed by atoms with Crippen LogP contribution in [0.2, 0.25) is 0 Å². The Kier molecular flexibility index (Phi) is 9.85. The van der Waals surface area contributed by atoms with E-state index in [0.29, 0.717) is 17.7 Å². The van der Waals surface area contributed by atoms with Gasteiger partial charge in [-0.3, -0.25) is 9.59 Å². The van der Waals surface area contributed by atoms with Gasteiger partial charge in [-0.2, -0.15) is 0 Å². The monoisotopic (exact) mass is 453 g/mol. The molecule has 0 saturated carbocycles. The highest BCUT2D eigenvalue weighted by Gasteiger charge is 2.14. The second-order valence-corrected chi connectivity index (χ2v) is 9.43. The number of carbonyl (C=O) groups is 2. The second-order valence-electron chi connectivity index (χ2n) is 9.03. The molecule has 3 N–H and O–H groups in total. The molecule has 0 radical (unpaired) electrons. The van der Waals surface area contributed by atoms with Crippen molar-refractivity contribution in [3.63, 3.8) is 0 Å². The molecule has 0 saturated heterocycles. The van der Waals surface area contributed by atoms with Crippen molar-refractivity contribution in [1.82, 2.24) is 5.32 Å². The largest absolute Gasteiger partial charge is 0.332 e. The third kappa shape index (κ3) is 8.79. The van der Waals surface area contributed by atoms with E-state index < -0.39 is 0 Å². The van der Waals surface area contributed by atoms with Crippen molar-refractivity contribution in [1.29, 1.82) is 0 Å². The molecule has 2 amide bonds. The first-order valence-corrected chi connectivity index (χ1v) is 11.7. The van der Waals surface area contributed by atoms with Gasteiger partial charge in [-0.1, -0.05) is 65.5 Å². The van der Waals surface area contributed by atoms with Crippen LogP contribution in [0.5, 0.6) is 0 Å². The molecule has 0 unspecified atom stereocenters. The smallest absolute Gasteiger partial charge is 0.255 e. The summed E-state index contributed by atoms with van der Waals surface area (Å²) in [6, 6.07) is 14.9. The van der Waals surface area contributed by atoms with Crippen LogP contribution >= 0.6 is 12.2 Å². The van der Waals surface area contributed by atoms with Crippen LogP contribution in [0, 0.1) is 0 Å². The number of carbonyl (C=O) groups excluding carboxylic acids is 2. The van der Waals surface area contributed by atoms with E-state index in [2.05, 4.69) is 43.6 Å². The molecule has 172 valence electrons. The second kappa shape index (κ2) is 12.3. The van der Waals surface area contributed by atoms with Crippen LogP contribution in [0.1, 0.15) is 82.1 Å². The third-order valence-electron chi connectivity index (χ3n) is 5.17. The van der Waals surface area contributed by atoms with Gasteiger partial charge in [-0.25, -0.2) is 0 Å². The van der Waals surface area contributed by atoms with E-state index in [9.17, 15) is 9.59 Å². The standard InChI is InChI=1S/C26H35N3O2S/c1-5-6-7-8-9-10-23(30)29-25(32)28-22-17-15-21(16-18-22)27-24(31)19-11-13-20(14-12-19)26(2,3)4/h11-18H,5-10H2,1-4H3,(H,27,31)(H2,28,29,30,32). The van der Waals surface area contributed by atoms with Gasteiger partial charge in [0, 0.05) is 23.4 Å². The van der Waals surface area contributed by atoms with Gasteiger partial charge in [-0.05, 0) is 66.0 Å². The number of hydrogen-bond acceptors (Lipinski definition) is 3. The Bertz CT molecular complexity index is 900. The highest BCUT2D eigenvalue weighted by atomic mass is 32.1. The zero-order chi connectivity index (χ0) is 23.6. The van der Waals surface area contributed by atoms with Crippen molar-refractivity contribution in [2.45, 2.75) is 71.6 Å². The maximum atomic E-state index is 12.5. The molecule has 0 atom stereocenters. The quantitative estimate of drug-likeness (QED) is 0.303. The topological polar surface area (TPSA) is 70.2 Å². The molecule has 32 heavy (non-hydrogen) atoms. The summed E-state index contributed by atoms with van der Waals surface area (Å²) in [5, 5.41) is 8.89. The Balaban J connectivity index is 1.80. The van der Waals surface area contributed by atoms with E-state index in [1.807, 2.05) is 36.4 Å². The van der Waals surface area contributed by atoms with Crippen molar-refractivity contribution in [3.05, 3.63) is 59.7 Å². The van der Waals surface area contributed by atoms with Gasteiger partial charge in [-0.15, -0.1) is 0 Å². The minimum absolute atomic E-state index is 0.0481. The summed E-state index contributed by atoms with van der Waals surface area (Å²) < 4.78 is 0. The number of amides is 2. The van der Waals surface area contributed by atoms with Gasteiger partial charge in [0.15, 0.2) is 5.11 Å². The Hall–Kier alpha value is -2.73. The van der Waals surface area contributed by atoms with E-state index in [0.717, 1.165) is 24.9 Å². The highest BCUT2D eigenvalue weighted by molar-refractivity contribution is 7.80. The lowest BCUT2D eigenvalue weighted by molar-refractivity contribution is -0.119. The number of hydrogen-bond donors (Lipinski definition) is 3. The van der Waals surface area contributed by atoms with Crippen LogP contribution in [0.25, 0.3) is 0 Å². The molecular formula is C26H35N3O2S. The first-order valence-electron chi connectivity index (χ1n) is 11.3. The molecule has 0 heterocycles. The third-order valence-corrected chi connectivity index (χ3v) is 5.38. The Morgan fingerprint density at radius 2 is 1.38 bits per heavy atom. The molecule has 2 aromatic carbocycles. The molecule has 2 rings (SSSR count). The van der Waals surface area contributed by atoms with Crippen LogP contribution in [0.4, 0.5) is 11.4 Å². The molecule has 0 bridgehead atoms. The highest BCUT2D eigenvalue weighted by Crippen LogP contribution is 2.22. The fourth-order valence-corrected chi connectivity index (χ4v) is 3.43. The SMILES string of the molecule is CCCCCCCC(=O)NC(=S)Nc1ccc(NC(=O)c2ccc(C(C)(C)C)cc2)cc1. The van der Waals surface area contributed by atoms with Crippen molar-refractivity contribution in [2.24, 2.45) is 0 Å². The minimum Gasteiger partial charge on any atom is -0.332 e. The Labute approximate surface area is 197 Å². The van der Waals surface area contributed by atoms with Gasteiger partial charge in [0.2, 0.25) is 5.91 Å². The van der Waals surface area contributed by atoms with Gasteiger partial charge in [0.05, 0.1) is 0 Å². The average Bonchev–Trinajstić information content (AvgIpc) is 2.74. The zero-order valence-corrected chi connectivity index (χ0v) is 20.4. The van der Waals surface area contributed by atoms with Crippen molar-refractivity contribution in [2.75, 3.05) is 10.6 Å². The average molecular weight is 454 g/mol. The van der Waals surface area contributed by atoms with Crippen molar-refractivity contribution < 1.29 is 9.59 Å². The van der Waals surface area contributed by atoms with Gasteiger partial charge in [0.25, 0.3) is 5.91 Å². The van der Waals surface area contributed by atoms with Crippen LogP contribution in [0.15, 0.2) is 48.5 Å². The van der Waals surface area contributed by atoms with Gasteiger partial charge < -0.3 is 16.0 Å². The van der Waals surface area contributed by atoms with Gasteiger partial charge in [0.1, 0.15) is 0 Å². The lowest BCUT2D eigenvalue weighted by Gasteiger charge is -2.19. The molecule has 0 spiro atoms. The molecule has 6 heteroatoms. The number of anilines is 2. The summed E-state index contributed by atoms with van der Waals surface area (Å²) in [5.41, 5.74) is 3.27. The number of nitrogens with one attached hydrogen (secondary N) is 3. The Morgan fingerprint density at radius 3 is 1.94 bits per heavy atom. The lowest BCUT2D eigenvalue weighted by atomic mass is 9.87. The van der Waals surface area contributed by atoms with Crippen molar-refractivity contribution >= 4 is 40.5 Å². The molecule has 0 aliphatic heterocycles. The van der Waals surface area contributed by atoms with Gasteiger partial charge >= 0.3 is 0 Å². The summed E-state index contributed by atoms with van der Waals surface area (Å²) in [6.07, 6.45) is 5.98. The van der Waals surface area contributed by atoms with Crippen molar-refractivity contribution in [3.8, 4) is 0 Å². The lowest BCUT2D eigenvalue weighted by Crippen LogP contribution is -2.33. The summed E-state index contributed by atoms with van der Waals surface area (Å²) >= 11 is 5.22. The number of thiocarbonyl (C=S) groups is 1. The minimum atomic E-state index is -0.159. The summed E-state index contributed by atoms with van der Waals surface area (Å²) in [4.78, 5) is 24.5. The van der Waals surface area contributed by atoms with Crippen LogP contribution in [0.3, 0.4) is 0 Å². The normalized spacial score (nSPS) is 11.0. The predicted octanol–water partition coefficient (Wildman–Crippen LogP) is 6.41. The fraction of sp³-hybridized carbons (Fsp3) is 0.423. The fourth-order valence-electron chi connectivity index (χ4n) is 3.20. The van der Waals surface area contributed by atoms with E-state index in [1.165, 1.54) is 18.4 Å². The number of benzene rings is 2. The summed E-state index contributed by atoms with van der Waals surface area (Å²) in [7, 11) is 0. The molecule has 0 aliphatic carbocycles. The number of unbranched alkanes of at least 4 members (excludes halogenated alkanes) is 4. The zero-order valence-electron chi connectivity index (χ0n) is 19.6. The van der Waals surface area contributed by atoms with Crippen LogP contribution in [-0.2, 0) is 10.2 Å². The maximum Gasteiger partial charge on any atom is 0.255 e. The summed E-state index contributed by atoms with van der Waals surface area (Å²) in [5.74, 6) is -0.228. The first kappa shape index (κ1) is 25.5. The Morgan fingerprint density at radius 1 is 0.812 bits per heavy atom. The number of rotatable bonds is 9. The maximum absolute atomic E-state index is 12.5. The molecule has 0 fully saturated rings. The predicted molar refractivity (Wildman–Crippen MR) is 137 cm³/mol. The molecule has 2 aromatic rings. The van der Waals surface area contributed by atoms with E-state index in [4.69, 9.17) is 12.2 Å². The summed E-state index contributed by atoms with van der Waals surface area (Å²) in [6.45, 7) is 8.60. The van der Waals surface area contributed by atoms with Crippen LogP contribution in [-0.4, -0.2) is 16.9 Å². The van der Waals surface area contributed by atoms with Crippen LogP contribution < -0.4 is 16.0 Å². The molecular weight excluding hydrogens is 418 g/mol. The molecule has 0 aromatic heterocycles.